The van der Waals surface area contributed by atoms with Crippen LogP contribution in [-0.2, 0) is 31.0 Å². The molecule has 6 heteroatoms. The summed E-state index contributed by atoms with van der Waals surface area (Å²) >= 11 is 0. The number of hydrogen-bond donors (Lipinski definition) is 0. The van der Waals surface area contributed by atoms with Gasteiger partial charge in [0, 0.05) is 18.7 Å². The van der Waals surface area contributed by atoms with Gasteiger partial charge in [-0.15, -0.1) is 0 Å². The third-order valence-electron chi connectivity index (χ3n) is 7.66. The second kappa shape index (κ2) is 9.77. The first-order valence-electron chi connectivity index (χ1n) is 12.4. The molecule has 0 N–H and O–H groups in total. The molecule has 3 aromatic carbocycles. The summed E-state index contributed by atoms with van der Waals surface area (Å²) in [6, 6.07) is 23.0. The molecule has 188 valence electrons. The fourth-order valence-electron chi connectivity index (χ4n) is 6.30. The number of aldehydes is 1. The third-order valence-corrected chi connectivity index (χ3v) is 7.66. The van der Waals surface area contributed by atoms with Gasteiger partial charge in [0.15, 0.2) is 0 Å². The first kappa shape index (κ1) is 24.6. The zero-order chi connectivity index (χ0) is 26.2. The summed E-state index contributed by atoms with van der Waals surface area (Å²) in [6.45, 7) is 1.85. The molecule has 4 atom stereocenters. The Morgan fingerprint density at radius 3 is 2.38 bits per heavy atom. The Balaban J connectivity index is 1.86. The Morgan fingerprint density at radius 1 is 1.05 bits per heavy atom. The number of allylic oxidation sites excluding steroid dienone is 2. The first-order valence-corrected chi connectivity index (χ1v) is 12.4. The largest absolute Gasteiger partial charge is 0.466 e. The third kappa shape index (κ3) is 3.88. The second-order valence-corrected chi connectivity index (χ2v) is 9.61. The fourth-order valence-corrected chi connectivity index (χ4v) is 6.30. The van der Waals surface area contributed by atoms with Crippen molar-refractivity contribution in [2.45, 2.75) is 24.7 Å². The highest BCUT2D eigenvalue weighted by molar-refractivity contribution is 6.12. The Bertz CT molecular complexity index is 1370. The molecule has 1 spiro atoms. The van der Waals surface area contributed by atoms with Crippen molar-refractivity contribution in [1.82, 2.24) is 0 Å². The van der Waals surface area contributed by atoms with Gasteiger partial charge in [0.25, 0.3) is 0 Å². The maximum absolute atomic E-state index is 14.9. The van der Waals surface area contributed by atoms with E-state index in [4.69, 9.17) is 4.74 Å². The van der Waals surface area contributed by atoms with E-state index in [1.54, 1.807) is 20.0 Å². The van der Waals surface area contributed by atoms with Gasteiger partial charge in [-0.05, 0) is 59.7 Å². The highest BCUT2D eigenvalue weighted by Crippen LogP contribution is 2.60. The van der Waals surface area contributed by atoms with Gasteiger partial charge >= 0.3 is 5.97 Å². The van der Waals surface area contributed by atoms with Crippen LogP contribution in [0.4, 0.5) is 10.1 Å². The Hall–Kier alpha value is -4.06. The predicted molar refractivity (Wildman–Crippen MR) is 139 cm³/mol. The van der Waals surface area contributed by atoms with Crippen molar-refractivity contribution in [1.29, 1.82) is 0 Å². The monoisotopic (exact) mass is 497 g/mol. The minimum atomic E-state index is -1.57. The van der Waals surface area contributed by atoms with Crippen molar-refractivity contribution in [3.8, 4) is 0 Å². The average molecular weight is 498 g/mol. The van der Waals surface area contributed by atoms with Gasteiger partial charge in [0.1, 0.15) is 17.5 Å². The molecule has 0 radical (unpaired) electrons. The van der Waals surface area contributed by atoms with Crippen LogP contribution >= 0.6 is 0 Å². The van der Waals surface area contributed by atoms with Gasteiger partial charge in [-0.1, -0.05) is 66.7 Å². The SMILES string of the molecule is CCOC(=O)C1C(Cc2ccccc2)C=C(C=O)C(c2ccccc2)C12C(=O)N(C)c1ccc(F)cc12. The molecule has 1 heterocycles. The van der Waals surface area contributed by atoms with Crippen molar-refractivity contribution in [2.24, 2.45) is 11.8 Å². The van der Waals surface area contributed by atoms with Gasteiger partial charge in [0.05, 0.1) is 12.5 Å². The normalized spacial score (nSPS) is 24.5. The Labute approximate surface area is 215 Å². The lowest BCUT2D eigenvalue weighted by molar-refractivity contribution is -0.156. The smallest absolute Gasteiger partial charge is 0.311 e. The Kier molecular flexibility index (Phi) is 6.50. The van der Waals surface area contributed by atoms with Crippen LogP contribution in [0, 0.1) is 17.7 Å². The zero-order valence-electron chi connectivity index (χ0n) is 20.8. The van der Waals surface area contributed by atoms with Crippen LogP contribution in [0.25, 0.3) is 0 Å². The maximum Gasteiger partial charge on any atom is 0.311 e. The van der Waals surface area contributed by atoms with Crippen molar-refractivity contribution in [2.75, 3.05) is 18.6 Å². The van der Waals surface area contributed by atoms with E-state index in [-0.39, 0.29) is 12.5 Å². The number of carbonyl (C=O) groups is 3. The van der Waals surface area contributed by atoms with Crippen LogP contribution in [0.2, 0.25) is 0 Å². The van der Waals surface area contributed by atoms with E-state index in [1.807, 2.05) is 66.7 Å². The molecule has 1 amide bonds. The predicted octanol–water partition coefficient (Wildman–Crippen LogP) is 5.00. The molecule has 1 aliphatic carbocycles. The average Bonchev–Trinajstić information content (AvgIpc) is 3.11. The van der Waals surface area contributed by atoms with E-state index in [2.05, 4.69) is 0 Å². The van der Waals surface area contributed by atoms with Gasteiger partial charge in [-0.25, -0.2) is 4.39 Å². The molecule has 37 heavy (non-hydrogen) atoms. The highest BCUT2D eigenvalue weighted by Gasteiger charge is 2.66. The number of nitrogens with zero attached hydrogens (tertiary/aromatic N) is 1. The minimum Gasteiger partial charge on any atom is -0.466 e. The topological polar surface area (TPSA) is 63.7 Å². The van der Waals surface area contributed by atoms with Gasteiger partial charge in [-0.2, -0.15) is 0 Å². The van der Waals surface area contributed by atoms with Crippen LogP contribution in [0.5, 0.6) is 0 Å². The van der Waals surface area contributed by atoms with E-state index in [0.29, 0.717) is 28.8 Å². The van der Waals surface area contributed by atoms with Gasteiger partial charge in [-0.3, -0.25) is 14.4 Å². The number of fused-ring (bicyclic) bond motifs is 2. The fraction of sp³-hybridized carbons (Fsp3) is 0.258. The number of halogens is 1. The summed E-state index contributed by atoms with van der Waals surface area (Å²) in [6.07, 6.45) is 2.99. The van der Waals surface area contributed by atoms with Crippen LogP contribution in [0.15, 0.2) is 90.5 Å². The summed E-state index contributed by atoms with van der Waals surface area (Å²) < 4.78 is 20.4. The van der Waals surface area contributed by atoms with Crippen LogP contribution < -0.4 is 4.90 Å². The number of carbonyl (C=O) groups excluding carboxylic acids is 3. The number of hydrogen-bond acceptors (Lipinski definition) is 4. The summed E-state index contributed by atoms with van der Waals surface area (Å²) in [7, 11) is 1.63. The van der Waals surface area contributed by atoms with Crippen LogP contribution in [0.1, 0.15) is 29.5 Å². The van der Waals surface area contributed by atoms with Crippen molar-refractivity contribution < 1.29 is 23.5 Å². The summed E-state index contributed by atoms with van der Waals surface area (Å²) in [5, 5.41) is 0. The van der Waals surface area contributed by atoms with Crippen molar-refractivity contribution >= 4 is 23.9 Å². The van der Waals surface area contributed by atoms with Crippen LogP contribution in [0.3, 0.4) is 0 Å². The lowest BCUT2D eigenvalue weighted by Crippen LogP contribution is -2.57. The number of anilines is 1. The van der Waals surface area contributed by atoms with Gasteiger partial charge in [0.2, 0.25) is 5.91 Å². The first-order chi connectivity index (χ1) is 17.9. The van der Waals surface area contributed by atoms with E-state index < -0.39 is 35.0 Å². The lowest BCUT2D eigenvalue weighted by Gasteiger charge is -2.47. The van der Waals surface area contributed by atoms with E-state index in [1.165, 1.54) is 17.0 Å². The highest BCUT2D eigenvalue weighted by atomic mass is 19.1. The summed E-state index contributed by atoms with van der Waals surface area (Å²) in [5.74, 6) is -3.73. The number of benzene rings is 3. The molecule has 5 nitrogen and oxygen atoms in total. The minimum absolute atomic E-state index is 0.129. The maximum atomic E-state index is 14.9. The number of ether oxygens (including phenoxy) is 1. The molecule has 0 aromatic heterocycles. The molecule has 0 saturated carbocycles. The quantitative estimate of drug-likeness (QED) is 0.355. The number of esters is 1. The molecule has 0 bridgehead atoms. The molecular weight excluding hydrogens is 469 g/mol. The molecule has 3 aromatic rings. The van der Waals surface area contributed by atoms with Gasteiger partial charge < -0.3 is 9.64 Å². The van der Waals surface area contributed by atoms with Crippen molar-refractivity contribution in [3.63, 3.8) is 0 Å². The lowest BCUT2D eigenvalue weighted by atomic mass is 9.52. The number of rotatable bonds is 6. The molecule has 0 fully saturated rings. The molecular formula is C31H28FNO4. The second-order valence-electron chi connectivity index (χ2n) is 9.61. The Morgan fingerprint density at radius 2 is 1.73 bits per heavy atom. The number of likely N-dealkylation sites (N-methyl/N-ethyl adjacent to an activating group) is 1. The van der Waals surface area contributed by atoms with E-state index in [9.17, 15) is 18.8 Å². The molecule has 1 aliphatic heterocycles. The van der Waals surface area contributed by atoms with Crippen molar-refractivity contribution in [3.05, 3.63) is 113 Å². The van der Waals surface area contributed by atoms with Crippen LogP contribution in [-0.4, -0.2) is 31.8 Å². The van der Waals surface area contributed by atoms with E-state index >= 15 is 0 Å². The number of amides is 1. The molecule has 2 aliphatic rings. The van der Waals surface area contributed by atoms with E-state index in [0.717, 1.165) is 11.8 Å². The molecule has 4 unspecified atom stereocenters. The zero-order valence-corrected chi connectivity index (χ0v) is 20.8. The molecule has 0 saturated heterocycles. The summed E-state index contributed by atoms with van der Waals surface area (Å²) in [5.41, 5.74) is 1.41. The standard InChI is InChI=1S/C31H28FNO4/c1-3-37-29(35)28-22(16-20-10-6-4-7-11-20)17-23(19-34)27(21-12-8-5-9-13-21)31(28)25-18-24(32)14-15-26(25)33(2)30(31)36/h4-15,17-19,22,27-28H,3,16H2,1-2H3. The summed E-state index contributed by atoms with van der Waals surface area (Å²) in [4.78, 5) is 42.5. The molecule has 5 rings (SSSR count).